The van der Waals surface area contributed by atoms with E-state index >= 15 is 0 Å². The van der Waals surface area contributed by atoms with Crippen LogP contribution in [-0.2, 0) is 4.79 Å². The Morgan fingerprint density at radius 3 is 2.68 bits per heavy atom. The van der Waals surface area contributed by atoms with Crippen LogP contribution in [0.3, 0.4) is 0 Å². The summed E-state index contributed by atoms with van der Waals surface area (Å²) in [4.78, 5) is 12.3. The number of nitrogens with two attached hydrogens (primary N) is 1. The summed E-state index contributed by atoms with van der Waals surface area (Å²) in [5.74, 6) is -0.269. The quantitative estimate of drug-likeness (QED) is 0.243. The van der Waals surface area contributed by atoms with Crippen molar-refractivity contribution in [2.45, 2.75) is 19.3 Å². The second-order valence-corrected chi connectivity index (χ2v) is 6.10. The number of benzene rings is 1. The van der Waals surface area contributed by atoms with Crippen molar-refractivity contribution >= 4 is 51.6 Å². The van der Waals surface area contributed by atoms with E-state index in [0.717, 1.165) is 9.99 Å². The van der Waals surface area contributed by atoms with Gasteiger partial charge in [0.1, 0.15) is 5.41 Å². The zero-order valence-corrected chi connectivity index (χ0v) is 12.9. The molecule has 19 heavy (non-hydrogen) atoms. The Bertz CT molecular complexity index is 544. The fourth-order valence-corrected chi connectivity index (χ4v) is 3.06. The van der Waals surface area contributed by atoms with Crippen molar-refractivity contribution in [2.24, 2.45) is 16.3 Å². The van der Waals surface area contributed by atoms with Crippen molar-refractivity contribution in [1.29, 1.82) is 0 Å². The first-order valence-electron chi connectivity index (χ1n) is 5.74. The molecule has 0 heterocycles. The molecule has 0 atom stereocenters. The van der Waals surface area contributed by atoms with Crippen molar-refractivity contribution in [3.63, 3.8) is 0 Å². The lowest BCUT2D eigenvalue weighted by atomic mass is 9.67. The Morgan fingerprint density at radius 2 is 2.21 bits per heavy atom. The average molecular weight is 394 g/mol. The summed E-state index contributed by atoms with van der Waals surface area (Å²) in [5.41, 5.74) is 5.44. The first-order valence-corrected chi connectivity index (χ1v) is 7.20. The fourth-order valence-electron chi connectivity index (χ4n) is 2.06. The maximum atomic E-state index is 12.3. The lowest BCUT2D eigenvalue weighted by Crippen LogP contribution is -2.51. The van der Waals surface area contributed by atoms with Crippen LogP contribution in [0.2, 0.25) is 5.02 Å². The summed E-state index contributed by atoms with van der Waals surface area (Å²) in [7, 11) is 0. The normalized spacial score (nSPS) is 17.7. The second kappa shape index (κ2) is 5.54. The highest BCUT2D eigenvalue weighted by Crippen LogP contribution is 2.42. The highest BCUT2D eigenvalue weighted by molar-refractivity contribution is 14.1. The predicted octanol–water partition coefficient (Wildman–Crippen LogP) is 2.80. The molecule has 0 unspecified atom stereocenters. The van der Waals surface area contributed by atoms with E-state index in [-0.39, 0.29) is 11.7 Å². The number of anilines is 1. The standard InChI is InChI=1S/C12H13ClIN3O2/c13-7-2-3-9(8(14)6-7)16-11(18)12(4-1-5-12)10(15)17-19/h2-3,6,19H,1,4-5H2,(H2,15,17)(H,16,18). The molecule has 0 radical (unpaired) electrons. The van der Waals surface area contributed by atoms with Gasteiger partial charge in [-0.05, 0) is 53.6 Å². The number of rotatable bonds is 3. The van der Waals surface area contributed by atoms with Crippen molar-refractivity contribution in [3.8, 4) is 0 Å². The number of halogens is 2. The molecule has 1 amide bonds. The molecule has 102 valence electrons. The Labute approximate surface area is 129 Å². The van der Waals surface area contributed by atoms with E-state index in [1.54, 1.807) is 18.2 Å². The van der Waals surface area contributed by atoms with Gasteiger partial charge in [-0.25, -0.2) is 0 Å². The Kier molecular flexibility index (Phi) is 4.19. The second-order valence-electron chi connectivity index (χ2n) is 4.50. The number of hydrogen-bond donors (Lipinski definition) is 3. The molecule has 1 aromatic rings. The monoisotopic (exact) mass is 393 g/mol. The van der Waals surface area contributed by atoms with Gasteiger partial charge in [0.15, 0.2) is 5.84 Å². The molecule has 0 aliphatic heterocycles. The van der Waals surface area contributed by atoms with Crippen LogP contribution in [0, 0.1) is 8.99 Å². The third-order valence-electron chi connectivity index (χ3n) is 3.42. The van der Waals surface area contributed by atoms with Crippen molar-refractivity contribution in [1.82, 2.24) is 0 Å². The van der Waals surface area contributed by atoms with Gasteiger partial charge in [-0.1, -0.05) is 23.2 Å². The Balaban J connectivity index is 2.21. The topological polar surface area (TPSA) is 87.7 Å². The van der Waals surface area contributed by atoms with E-state index in [1.165, 1.54) is 0 Å². The van der Waals surface area contributed by atoms with Gasteiger partial charge in [-0.2, -0.15) is 0 Å². The van der Waals surface area contributed by atoms with Gasteiger partial charge in [0.05, 0.1) is 5.69 Å². The molecule has 0 saturated heterocycles. The number of amides is 1. The van der Waals surface area contributed by atoms with Gasteiger partial charge in [-0.3, -0.25) is 4.79 Å². The van der Waals surface area contributed by atoms with Crippen LogP contribution in [-0.4, -0.2) is 17.0 Å². The Morgan fingerprint density at radius 1 is 1.53 bits per heavy atom. The molecule has 0 aromatic heterocycles. The molecule has 0 bridgehead atoms. The third-order valence-corrected chi connectivity index (χ3v) is 4.55. The molecule has 2 rings (SSSR count). The minimum absolute atomic E-state index is 0.0276. The van der Waals surface area contributed by atoms with Crippen LogP contribution in [0.25, 0.3) is 0 Å². The van der Waals surface area contributed by atoms with Gasteiger partial charge in [0.2, 0.25) is 5.91 Å². The van der Waals surface area contributed by atoms with Crippen molar-refractivity contribution < 1.29 is 10.0 Å². The van der Waals surface area contributed by atoms with E-state index in [4.69, 9.17) is 22.5 Å². The molecule has 1 aliphatic rings. The third kappa shape index (κ3) is 2.64. The van der Waals surface area contributed by atoms with Crippen LogP contribution in [0.5, 0.6) is 0 Å². The number of amidine groups is 1. The summed E-state index contributed by atoms with van der Waals surface area (Å²) < 4.78 is 0.840. The van der Waals surface area contributed by atoms with Crippen LogP contribution >= 0.6 is 34.2 Å². The fraction of sp³-hybridized carbons (Fsp3) is 0.333. The number of nitrogens with one attached hydrogen (secondary N) is 1. The van der Waals surface area contributed by atoms with Crippen LogP contribution in [0.4, 0.5) is 5.69 Å². The summed E-state index contributed by atoms with van der Waals surface area (Å²) >= 11 is 7.96. The lowest BCUT2D eigenvalue weighted by Gasteiger charge is -2.38. The number of carbonyl (C=O) groups excluding carboxylic acids is 1. The Hall–Kier alpha value is -1.02. The zero-order valence-electron chi connectivity index (χ0n) is 9.99. The largest absolute Gasteiger partial charge is 0.409 e. The highest BCUT2D eigenvalue weighted by atomic mass is 127. The van der Waals surface area contributed by atoms with Crippen molar-refractivity contribution in [2.75, 3.05) is 5.32 Å². The maximum Gasteiger partial charge on any atom is 0.238 e. The summed E-state index contributed by atoms with van der Waals surface area (Å²) in [6.07, 6.45) is 2.08. The number of carbonyl (C=O) groups is 1. The average Bonchev–Trinajstić information content (AvgIpc) is 2.31. The summed E-state index contributed by atoms with van der Waals surface area (Å²) in [5, 5.41) is 15.2. The smallest absolute Gasteiger partial charge is 0.238 e. The first kappa shape index (κ1) is 14.4. The SMILES string of the molecule is N/C(=N/O)C1(C(=O)Nc2ccc(Cl)cc2I)CCC1. The number of oxime groups is 1. The summed E-state index contributed by atoms with van der Waals surface area (Å²) in [6, 6.07) is 5.20. The molecule has 4 N–H and O–H groups in total. The van der Waals surface area contributed by atoms with Crippen molar-refractivity contribution in [3.05, 3.63) is 26.8 Å². The van der Waals surface area contributed by atoms with Crippen LogP contribution in [0.15, 0.2) is 23.4 Å². The molecule has 0 spiro atoms. The maximum absolute atomic E-state index is 12.3. The number of nitrogens with zero attached hydrogens (tertiary/aromatic N) is 1. The number of hydrogen-bond acceptors (Lipinski definition) is 3. The predicted molar refractivity (Wildman–Crippen MR) is 82.5 cm³/mol. The van der Waals surface area contributed by atoms with Gasteiger partial charge in [0, 0.05) is 8.59 Å². The first-order chi connectivity index (χ1) is 8.99. The molecule has 5 nitrogen and oxygen atoms in total. The van der Waals surface area contributed by atoms with Crippen LogP contribution in [0.1, 0.15) is 19.3 Å². The van der Waals surface area contributed by atoms with Crippen LogP contribution < -0.4 is 11.1 Å². The molecule has 1 saturated carbocycles. The van der Waals surface area contributed by atoms with Gasteiger partial charge >= 0.3 is 0 Å². The van der Waals surface area contributed by atoms with E-state index < -0.39 is 5.41 Å². The minimum Gasteiger partial charge on any atom is -0.409 e. The molecule has 1 fully saturated rings. The zero-order chi connectivity index (χ0) is 14.0. The lowest BCUT2D eigenvalue weighted by molar-refractivity contribution is -0.125. The minimum atomic E-state index is -0.878. The van der Waals surface area contributed by atoms with E-state index in [1.807, 2.05) is 0 Å². The summed E-state index contributed by atoms with van der Waals surface area (Å²) in [6.45, 7) is 0. The molecular formula is C12H13ClIN3O2. The van der Waals surface area contributed by atoms with E-state index in [2.05, 4.69) is 33.1 Å². The molecule has 1 aromatic carbocycles. The van der Waals surface area contributed by atoms with Gasteiger partial charge in [0.25, 0.3) is 0 Å². The van der Waals surface area contributed by atoms with E-state index in [9.17, 15) is 4.79 Å². The van der Waals surface area contributed by atoms with E-state index in [0.29, 0.717) is 23.6 Å². The highest BCUT2D eigenvalue weighted by Gasteiger charge is 2.48. The van der Waals surface area contributed by atoms with Gasteiger partial charge in [-0.15, -0.1) is 0 Å². The molecule has 1 aliphatic carbocycles. The van der Waals surface area contributed by atoms with Gasteiger partial charge < -0.3 is 16.3 Å². The molecule has 7 heteroatoms. The molecular weight excluding hydrogens is 381 g/mol.